The predicted octanol–water partition coefficient (Wildman–Crippen LogP) is 3.77. The molecule has 1 saturated carbocycles. The molecule has 90 valence electrons. The van der Waals surface area contributed by atoms with Crippen molar-refractivity contribution in [2.75, 3.05) is 5.32 Å². The molecule has 1 N–H and O–H groups in total. The van der Waals surface area contributed by atoms with Gasteiger partial charge in [-0.25, -0.2) is 0 Å². The van der Waals surface area contributed by atoms with Crippen LogP contribution in [0.2, 0.25) is 5.02 Å². The average molecular weight is 270 g/mol. The number of nitrogens with one attached hydrogen (secondary N) is 1. The number of halogens is 2. The maximum absolute atomic E-state index is 11.3. The molecule has 3 atom stereocenters. The number of hydrogen-bond acceptors (Lipinski definition) is 1. The third-order valence-electron chi connectivity index (χ3n) is 3.69. The molecule has 1 aromatic rings. The normalized spacial score (nSPS) is 27.6. The monoisotopic (exact) mass is 269 g/mol. The van der Waals surface area contributed by atoms with Crippen LogP contribution in [0.4, 0.5) is 5.69 Å². The van der Waals surface area contributed by atoms with Crippen molar-refractivity contribution in [2.24, 2.45) is 11.8 Å². The lowest BCUT2D eigenvalue weighted by Gasteiger charge is -2.13. The summed E-state index contributed by atoms with van der Waals surface area (Å²) in [5, 5.41) is 3.42. The van der Waals surface area contributed by atoms with Gasteiger partial charge in [0, 0.05) is 10.7 Å². The SMILES string of the molecule is CC1CC1C(Cl)c1cc2c(cc1Cl)NC(=O)C2. The summed E-state index contributed by atoms with van der Waals surface area (Å²) in [5.74, 6) is 1.23. The molecule has 1 amide bonds. The molecule has 0 aromatic heterocycles. The highest BCUT2D eigenvalue weighted by molar-refractivity contribution is 6.33. The van der Waals surface area contributed by atoms with E-state index in [0.717, 1.165) is 16.8 Å². The number of rotatable bonds is 2. The molecule has 1 aliphatic heterocycles. The van der Waals surface area contributed by atoms with Crippen LogP contribution in [0.25, 0.3) is 0 Å². The number of anilines is 1. The highest BCUT2D eigenvalue weighted by atomic mass is 35.5. The lowest BCUT2D eigenvalue weighted by Crippen LogP contribution is -2.03. The van der Waals surface area contributed by atoms with Crippen molar-refractivity contribution in [3.05, 3.63) is 28.3 Å². The third-order valence-corrected chi connectivity index (χ3v) is 4.58. The van der Waals surface area contributed by atoms with Crippen molar-refractivity contribution >= 4 is 34.8 Å². The van der Waals surface area contributed by atoms with Gasteiger partial charge in [0.1, 0.15) is 0 Å². The van der Waals surface area contributed by atoms with Gasteiger partial charge in [-0.05, 0) is 35.4 Å². The Morgan fingerprint density at radius 2 is 2.18 bits per heavy atom. The first-order chi connectivity index (χ1) is 8.06. The van der Waals surface area contributed by atoms with Crippen LogP contribution < -0.4 is 5.32 Å². The number of fused-ring (bicyclic) bond motifs is 1. The number of carbonyl (C=O) groups is 1. The third kappa shape index (κ3) is 1.94. The molecular weight excluding hydrogens is 257 g/mol. The zero-order chi connectivity index (χ0) is 12.2. The molecule has 17 heavy (non-hydrogen) atoms. The van der Waals surface area contributed by atoms with E-state index < -0.39 is 0 Å². The van der Waals surface area contributed by atoms with Crippen LogP contribution in [-0.4, -0.2) is 5.91 Å². The fourth-order valence-corrected chi connectivity index (χ4v) is 3.34. The van der Waals surface area contributed by atoms with E-state index in [1.165, 1.54) is 6.42 Å². The van der Waals surface area contributed by atoms with Crippen molar-refractivity contribution in [2.45, 2.75) is 25.1 Å². The number of alkyl halides is 1. The Bertz CT molecular complexity index is 500. The van der Waals surface area contributed by atoms with Gasteiger partial charge >= 0.3 is 0 Å². The molecule has 0 bridgehead atoms. The second-order valence-electron chi connectivity index (χ2n) is 5.03. The fourth-order valence-electron chi connectivity index (χ4n) is 2.47. The lowest BCUT2D eigenvalue weighted by molar-refractivity contribution is -0.115. The zero-order valence-electron chi connectivity index (χ0n) is 9.47. The maximum Gasteiger partial charge on any atom is 0.228 e. The van der Waals surface area contributed by atoms with Gasteiger partial charge in [0.15, 0.2) is 0 Å². The molecule has 4 heteroatoms. The summed E-state index contributed by atoms with van der Waals surface area (Å²) in [4.78, 5) is 11.3. The topological polar surface area (TPSA) is 29.1 Å². The summed E-state index contributed by atoms with van der Waals surface area (Å²) >= 11 is 12.7. The standard InChI is InChI=1S/C13H13Cl2NO/c1-6-2-8(6)13(15)9-3-7-4-12(17)16-11(7)5-10(9)14/h3,5-6,8,13H,2,4H2,1H3,(H,16,17). The van der Waals surface area contributed by atoms with Gasteiger partial charge in [-0.1, -0.05) is 24.6 Å². The van der Waals surface area contributed by atoms with Crippen LogP contribution in [-0.2, 0) is 11.2 Å². The highest BCUT2D eigenvalue weighted by Crippen LogP contribution is 2.52. The van der Waals surface area contributed by atoms with Gasteiger partial charge in [-0.2, -0.15) is 0 Å². The summed E-state index contributed by atoms with van der Waals surface area (Å²) in [6.45, 7) is 2.20. The zero-order valence-corrected chi connectivity index (χ0v) is 11.0. The molecule has 2 aliphatic rings. The van der Waals surface area contributed by atoms with Gasteiger partial charge in [-0.15, -0.1) is 11.6 Å². The van der Waals surface area contributed by atoms with Crippen molar-refractivity contribution < 1.29 is 4.79 Å². The Kier molecular flexibility index (Phi) is 2.60. The minimum absolute atomic E-state index is 0.0270. The number of hydrogen-bond donors (Lipinski definition) is 1. The average Bonchev–Trinajstić information content (AvgIpc) is 2.87. The minimum Gasteiger partial charge on any atom is -0.325 e. The second-order valence-corrected chi connectivity index (χ2v) is 5.91. The summed E-state index contributed by atoms with van der Waals surface area (Å²) in [6.07, 6.45) is 1.60. The Hall–Kier alpha value is -0.730. The number of amides is 1. The first-order valence-electron chi connectivity index (χ1n) is 5.82. The summed E-state index contributed by atoms with van der Waals surface area (Å²) in [6, 6.07) is 3.80. The molecule has 3 rings (SSSR count). The Balaban J connectivity index is 1.95. The number of benzene rings is 1. The first kappa shape index (κ1) is 11.4. The van der Waals surface area contributed by atoms with E-state index in [1.54, 1.807) is 0 Å². The van der Waals surface area contributed by atoms with Crippen LogP contribution >= 0.6 is 23.2 Å². The number of carbonyl (C=O) groups excluding carboxylic acids is 1. The van der Waals surface area contributed by atoms with Gasteiger partial charge in [0.05, 0.1) is 11.8 Å². The highest BCUT2D eigenvalue weighted by Gasteiger charge is 2.40. The molecule has 1 aliphatic carbocycles. The molecule has 3 unspecified atom stereocenters. The van der Waals surface area contributed by atoms with Gasteiger partial charge in [0.25, 0.3) is 0 Å². The fraction of sp³-hybridized carbons (Fsp3) is 0.462. The van der Waals surface area contributed by atoms with E-state index >= 15 is 0 Å². The van der Waals surface area contributed by atoms with Crippen LogP contribution in [0.1, 0.15) is 29.8 Å². The van der Waals surface area contributed by atoms with Crippen LogP contribution in [0, 0.1) is 11.8 Å². The summed E-state index contributed by atoms with van der Waals surface area (Å²) in [7, 11) is 0. The molecule has 1 fully saturated rings. The van der Waals surface area contributed by atoms with Crippen LogP contribution in [0.3, 0.4) is 0 Å². The largest absolute Gasteiger partial charge is 0.325 e. The summed E-state index contributed by atoms with van der Waals surface area (Å²) in [5.41, 5.74) is 2.81. The second kappa shape index (κ2) is 3.89. The molecule has 0 spiro atoms. The first-order valence-corrected chi connectivity index (χ1v) is 6.64. The Morgan fingerprint density at radius 3 is 2.82 bits per heavy atom. The molecule has 2 nitrogen and oxygen atoms in total. The Labute approximate surface area is 110 Å². The van der Waals surface area contributed by atoms with Crippen molar-refractivity contribution in [3.8, 4) is 0 Å². The van der Waals surface area contributed by atoms with Crippen LogP contribution in [0.15, 0.2) is 12.1 Å². The molecular formula is C13H13Cl2NO. The minimum atomic E-state index is -0.0292. The van der Waals surface area contributed by atoms with Gasteiger partial charge < -0.3 is 5.32 Å². The van der Waals surface area contributed by atoms with E-state index in [-0.39, 0.29) is 11.3 Å². The van der Waals surface area contributed by atoms with E-state index in [4.69, 9.17) is 23.2 Å². The van der Waals surface area contributed by atoms with Crippen molar-refractivity contribution in [3.63, 3.8) is 0 Å². The van der Waals surface area contributed by atoms with Crippen LogP contribution in [0.5, 0.6) is 0 Å². The van der Waals surface area contributed by atoms with Gasteiger partial charge in [0.2, 0.25) is 5.91 Å². The van der Waals surface area contributed by atoms with Crippen molar-refractivity contribution in [1.29, 1.82) is 0 Å². The lowest BCUT2D eigenvalue weighted by atomic mass is 10.0. The summed E-state index contributed by atoms with van der Waals surface area (Å²) < 4.78 is 0. The van der Waals surface area contributed by atoms with Gasteiger partial charge in [-0.3, -0.25) is 4.79 Å². The molecule has 0 saturated heterocycles. The Morgan fingerprint density at radius 1 is 1.47 bits per heavy atom. The molecule has 0 radical (unpaired) electrons. The molecule has 1 aromatic carbocycles. The molecule has 1 heterocycles. The van der Waals surface area contributed by atoms with E-state index in [9.17, 15) is 4.79 Å². The van der Waals surface area contributed by atoms with E-state index in [0.29, 0.717) is 23.3 Å². The van der Waals surface area contributed by atoms with Crippen molar-refractivity contribution in [1.82, 2.24) is 0 Å². The van der Waals surface area contributed by atoms with E-state index in [1.807, 2.05) is 12.1 Å². The predicted molar refractivity (Wildman–Crippen MR) is 69.7 cm³/mol. The smallest absolute Gasteiger partial charge is 0.228 e. The quantitative estimate of drug-likeness (QED) is 0.814. The van der Waals surface area contributed by atoms with E-state index in [2.05, 4.69) is 12.2 Å². The maximum atomic E-state index is 11.3.